The average Bonchev–Trinajstić information content (AvgIpc) is 2.43. The molecule has 1 aliphatic carbocycles. The first-order valence-electron chi connectivity index (χ1n) is 6.85. The predicted octanol–water partition coefficient (Wildman–Crippen LogP) is 3.89. The lowest BCUT2D eigenvalue weighted by molar-refractivity contribution is 0.192. The number of nitrogens with one attached hydrogen (secondary N) is 1. The maximum atomic E-state index is 5.86. The molecule has 0 aliphatic heterocycles. The van der Waals surface area contributed by atoms with Crippen LogP contribution in [0.5, 0.6) is 5.75 Å². The smallest absolute Gasteiger partial charge is 0.119 e. The van der Waals surface area contributed by atoms with Crippen molar-refractivity contribution in [3.05, 3.63) is 29.3 Å². The van der Waals surface area contributed by atoms with E-state index in [0.717, 1.165) is 23.3 Å². The van der Waals surface area contributed by atoms with E-state index in [1.807, 2.05) is 31.3 Å². The van der Waals surface area contributed by atoms with Crippen LogP contribution in [0, 0.1) is 5.92 Å². The summed E-state index contributed by atoms with van der Waals surface area (Å²) in [5.41, 5.74) is 0. The summed E-state index contributed by atoms with van der Waals surface area (Å²) in [6, 6.07) is 8.05. The molecule has 1 atom stereocenters. The largest absolute Gasteiger partial charge is 0.492 e. The molecule has 1 aromatic carbocycles. The van der Waals surface area contributed by atoms with Crippen molar-refractivity contribution in [2.75, 3.05) is 13.7 Å². The van der Waals surface area contributed by atoms with Gasteiger partial charge in [0.25, 0.3) is 0 Å². The minimum Gasteiger partial charge on any atom is -0.492 e. The molecule has 18 heavy (non-hydrogen) atoms. The zero-order chi connectivity index (χ0) is 12.8. The first kappa shape index (κ1) is 13.7. The molecule has 3 heteroatoms. The summed E-state index contributed by atoms with van der Waals surface area (Å²) in [6.45, 7) is 0.739. The summed E-state index contributed by atoms with van der Waals surface area (Å²) in [5, 5.41) is 4.15. The monoisotopic (exact) mass is 267 g/mol. The van der Waals surface area contributed by atoms with Gasteiger partial charge < -0.3 is 10.1 Å². The second-order valence-corrected chi connectivity index (χ2v) is 5.49. The van der Waals surface area contributed by atoms with Crippen LogP contribution in [0.1, 0.15) is 32.1 Å². The Hall–Kier alpha value is -0.730. The Labute approximate surface area is 115 Å². The summed E-state index contributed by atoms with van der Waals surface area (Å²) in [4.78, 5) is 0. The highest BCUT2D eigenvalue weighted by molar-refractivity contribution is 6.30. The van der Waals surface area contributed by atoms with Crippen molar-refractivity contribution in [2.45, 2.75) is 38.1 Å². The summed E-state index contributed by atoms with van der Waals surface area (Å²) < 4.78 is 5.85. The molecule has 2 rings (SSSR count). The maximum absolute atomic E-state index is 5.86. The molecule has 1 N–H and O–H groups in total. The van der Waals surface area contributed by atoms with Gasteiger partial charge in [0.15, 0.2) is 0 Å². The molecule has 1 fully saturated rings. The molecule has 1 aliphatic rings. The standard InChI is InChI=1S/C15H22ClNO/c1-17-15(12-5-3-2-4-6-12)11-18-14-9-7-13(16)8-10-14/h7-10,12,15,17H,2-6,11H2,1H3. The number of halogens is 1. The van der Waals surface area contributed by atoms with E-state index in [9.17, 15) is 0 Å². The molecule has 2 nitrogen and oxygen atoms in total. The van der Waals surface area contributed by atoms with E-state index in [-0.39, 0.29) is 0 Å². The van der Waals surface area contributed by atoms with Crippen molar-refractivity contribution < 1.29 is 4.74 Å². The zero-order valence-electron chi connectivity index (χ0n) is 11.0. The fraction of sp³-hybridized carbons (Fsp3) is 0.600. The van der Waals surface area contributed by atoms with E-state index in [1.165, 1.54) is 32.1 Å². The quantitative estimate of drug-likeness (QED) is 0.874. The average molecular weight is 268 g/mol. The van der Waals surface area contributed by atoms with Crippen molar-refractivity contribution in [1.29, 1.82) is 0 Å². The van der Waals surface area contributed by atoms with Gasteiger partial charge in [-0.3, -0.25) is 0 Å². The van der Waals surface area contributed by atoms with Crippen LogP contribution in [-0.2, 0) is 0 Å². The third-order valence-corrected chi connectivity index (χ3v) is 4.08. The zero-order valence-corrected chi connectivity index (χ0v) is 11.7. The fourth-order valence-corrected chi connectivity index (χ4v) is 2.83. The van der Waals surface area contributed by atoms with Crippen LogP contribution in [0.2, 0.25) is 5.02 Å². The van der Waals surface area contributed by atoms with Crippen LogP contribution in [0.25, 0.3) is 0 Å². The molecule has 0 aromatic heterocycles. The first-order chi connectivity index (χ1) is 8.79. The van der Waals surface area contributed by atoms with Gasteiger partial charge in [-0.25, -0.2) is 0 Å². The van der Waals surface area contributed by atoms with Crippen LogP contribution in [0.15, 0.2) is 24.3 Å². The third-order valence-electron chi connectivity index (χ3n) is 3.83. The maximum Gasteiger partial charge on any atom is 0.119 e. The molecule has 0 spiro atoms. The Balaban J connectivity index is 1.84. The number of ether oxygens (including phenoxy) is 1. The molecular weight excluding hydrogens is 246 g/mol. The SMILES string of the molecule is CNC(COc1ccc(Cl)cc1)C1CCCCC1. The summed E-state index contributed by atoms with van der Waals surface area (Å²) >= 11 is 5.86. The Bertz CT molecular complexity index is 346. The number of benzene rings is 1. The molecule has 0 heterocycles. The number of likely N-dealkylation sites (N-methyl/N-ethyl adjacent to an activating group) is 1. The lowest BCUT2D eigenvalue weighted by Gasteiger charge is -2.29. The number of hydrogen-bond acceptors (Lipinski definition) is 2. The van der Waals surface area contributed by atoms with Gasteiger partial charge in [0.2, 0.25) is 0 Å². The third kappa shape index (κ3) is 3.89. The molecule has 0 saturated heterocycles. The Morgan fingerprint density at radius 3 is 2.50 bits per heavy atom. The summed E-state index contributed by atoms with van der Waals surface area (Å²) in [5.74, 6) is 1.66. The fourth-order valence-electron chi connectivity index (χ4n) is 2.71. The van der Waals surface area contributed by atoms with E-state index < -0.39 is 0 Å². The van der Waals surface area contributed by atoms with E-state index >= 15 is 0 Å². The van der Waals surface area contributed by atoms with Crippen molar-refractivity contribution in [3.8, 4) is 5.75 Å². The van der Waals surface area contributed by atoms with E-state index in [4.69, 9.17) is 16.3 Å². The van der Waals surface area contributed by atoms with Gasteiger partial charge in [-0.1, -0.05) is 30.9 Å². The minimum absolute atomic E-state index is 0.459. The Morgan fingerprint density at radius 1 is 1.22 bits per heavy atom. The highest BCUT2D eigenvalue weighted by Crippen LogP contribution is 2.27. The van der Waals surface area contributed by atoms with Gasteiger partial charge in [0.05, 0.1) is 0 Å². The summed E-state index contributed by atoms with van der Waals surface area (Å²) in [7, 11) is 2.03. The van der Waals surface area contributed by atoms with Crippen LogP contribution in [0.3, 0.4) is 0 Å². The van der Waals surface area contributed by atoms with Gasteiger partial charge in [-0.2, -0.15) is 0 Å². The predicted molar refractivity (Wildman–Crippen MR) is 76.4 cm³/mol. The van der Waals surface area contributed by atoms with Crippen molar-refractivity contribution in [2.24, 2.45) is 5.92 Å². The molecule has 0 radical (unpaired) electrons. The van der Waals surface area contributed by atoms with Crippen LogP contribution < -0.4 is 10.1 Å². The molecule has 0 bridgehead atoms. The molecule has 1 unspecified atom stereocenters. The van der Waals surface area contributed by atoms with Gasteiger partial charge in [0, 0.05) is 11.1 Å². The minimum atomic E-state index is 0.459. The van der Waals surface area contributed by atoms with Gasteiger partial charge in [-0.15, -0.1) is 0 Å². The normalized spacial score (nSPS) is 18.6. The molecule has 0 amide bonds. The summed E-state index contributed by atoms with van der Waals surface area (Å²) in [6.07, 6.45) is 6.78. The van der Waals surface area contributed by atoms with Crippen molar-refractivity contribution in [1.82, 2.24) is 5.32 Å². The van der Waals surface area contributed by atoms with Gasteiger partial charge >= 0.3 is 0 Å². The van der Waals surface area contributed by atoms with Crippen LogP contribution in [0.4, 0.5) is 0 Å². The first-order valence-corrected chi connectivity index (χ1v) is 7.23. The topological polar surface area (TPSA) is 21.3 Å². The van der Waals surface area contributed by atoms with Crippen molar-refractivity contribution >= 4 is 11.6 Å². The number of rotatable bonds is 5. The van der Waals surface area contributed by atoms with E-state index in [2.05, 4.69) is 5.32 Å². The van der Waals surface area contributed by atoms with Crippen LogP contribution >= 0.6 is 11.6 Å². The number of hydrogen-bond donors (Lipinski definition) is 1. The highest BCUT2D eigenvalue weighted by Gasteiger charge is 2.22. The second-order valence-electron chi connectivity index (χ2n) is 5.06. The van der Waals surface area contributed by atoms with Gasteiger partial charge in [0.1, 0.15) is 12.4 Å². The Kier molecular flexibility index (Phi) is 5.33. The lowest BCUT2D eigenvalue weighted by atomic mass is 9.84. The molecule has 1 saturated carbocycles. The van der Waals surface area contributed by atoms with Crippen LogP contribution in [-0.4, -0.2) is 19.7 Å². The molecule has 100 valence electrons. The van der Waals surface area contributed by atoms with Gasteiger partial charge in [-0.05, 0) is 50.1 Å². The Morgan fingerprint density at radius 2 is 1.89 bits per heavy atom. The van der Waals surface area contributed by atoms with E-state index in [1.54, 1.807) is 0 Å². The highest BCUT2D eigenvalue weighted by atomic mass is 35.5. The second kappa shape index (κ2) is 7.01. The van der Waals surface area contributed by atoms with Crippen molar-refractivity contribution in [3.63, 3.8) is 0 Å². The van der Waals surface area contributed by atoms with E-state index in [0.29, 0.717) is 6.04 Å². The molecular formula is C15H22ClNO. The lowest BCUT2D eigenvalue weighted by Crippen LogP contribution is -2.39. The molecule has 1 aromatic rings.